The van der Waals surface area contributed by atoms with Gasteiger partial charge in [-0.05, 0) is 5.41 Å². The first-order chi connectivity index (χ1) is 7.52. The van der Waals surface area contributed by atoms with Gasteiger partial charge in [-0.25, -0.2) is 0 Å². The van der Waals surface area contributed by atoms with Gasteiger partial charge in [0.2, 0.25) is 0 Å². The average molecular weight is 228 g/mol. The second-order valence-corrected chi connectivity index (χ2v) is 6.02. The van der Waals surface area contributed by atoms with Gasteiger partial charge < -0.3 is 20.1 Å². The molecule has 0 aromatic carbocycles. The highest BCUT2D eigenvalue weighted by Crippen LogP contribution is 2.29. The van der Waals surface area contributed by atoms with Crippen LogP contribution in [0.4, 0.5) is 0 Å². The van der Waals surface area contributed by atoms with Crippen LogP contribution in [0.2, 0.25) is 0 Å². The molecule has 94 valence electrons. The highest BCUT2D eigenvalue weighted by atomic mass is 16.6. The quantitative estimate of drug-likeness (QED) is 0.629. The molecule has 1 spiro atoms. The molecule has 2 rings (SSSR count). The van der Waals surface area contributed by atoms with Crippen molar-refractivity contribution in [1.82, 2.24) is 10.6 Å². The number of ether oxygens (including phenoxy) is 2. The number of rotatable bonds is 0. The molecule has 2 N–H and O–H groups in total. The Hall–Kier alpha value is -0.160. The molecule has 16 heavy (non-hydrogen) atoms. The molecular formula is C12H24N2O2. The third-order valence-electron chi connectivity index (χ3n) is 3.37. The van der Waals surface area contributed by atoms with Crippen LogP contribution < -0.4 is 10.6 Å². The lowest BCUT2D eigenvalue weighted by atomic mass is 9.86. The van der Waals surface area contributed by atoms with E-state index in [-0.39, 0.29) is 17.1 Å². The van der Waals surface area contributed by atoms with Crippen molar-refractivity contribution in [1.29, 1.82) is 0 Å². The van der Waals surface area contributed by atoms with E-state index in [0.29, 0.717) is 6.61 Å². The van der Waals surface area contributed by atoms with Crippen LogP contribution in [0.3, 0.4) is 0 Å². The minimum absolute atomic E-state index is 0.173. The average Bonchev–Trinajstić information content (AvgIpc) is 2.43. The Morgan fingerprint density at radius 1 is 1.19 bits per heavy atom. The first-order valence-corrected chi connectivity index (χ1v) is 6.19. The molecule has 0 aromatic heterocycles. The Bertz CT molecular complexity index is 230. The zero-order valence-electron chi connectivity index (χ0n) is 10.6. The van der Waals surface area contributed by atoms with Gasteiger partial charge in [0.1, 0.15) is 5.60 Å². The molecule has 0 aromatic rings. The molecule has 4 heteroatoms. The third kappa shape index (κ3) is 2.74. The summed E-state index contributed by atoms with van der Waals surface area (Å²) in [6.45, 7) is 11.8. The van der Waals surface area contributed by atoms with E-state index in [1.807, 2.05) is 0 Å². The highest BCUT2D eigenvalue weighted by molar-refractivity contribution is 4.95. The van der Waals surface area contributed by atoms with Gasteiger partial charge in [0.25, 0.3) is 0 Å². The van der Waals surface area contributed by atoms with Crippen LogP contribution in [0.15, 0.2) is 0 Å². The van der Waals surface area contributed by atoms with Crippen molar-refractivity contribution >= 4 is 0 Å². The Balaban J connectivity index is 2.04. The summed E-state index contributed by atoms with van der Waals surface area (Å²) in [6, 6.07) is 0. The molecule has 0 amide bonds. The fourth-order valence-electron chi connectivity index (χ4n) is 2.26. The lowest BCUT2D eigenvalue weighted by Gasteiger charge is -2.45. The Kier molecular flexibility index (Phi) is 3.54. The van der Waals surface area contributed by atoms with E-state index in [2.05, 4.69) is 31.4 Å². The van der Waals surface area contributed by atoms with Crippen LogP contribution in [0, 0.1) is 5.41 Å². The number of hydrogen-bond acceptors (Lipinski definition) is 4. The summed E-state index contributed by atoms with van der Waals surface area (Å²) in [7, 11) is 0. The van der Waals surface area contributed by atoms with Gasteiger partial charge in [0.05, 0.1) is 19.3 Å². The SMILES string of the molecule is CC(C)(C)C1CNCC2(CNCCOC2)O1. The van der Waals surface area contributed by atoms with Crippen LogP contribution in [0.5, 0.6) is 0 Å². The van der Waals surface area contributed by atoms with Crippen LogP contribution in [-0.4, -0.2) is 51.1 Å². The predicted octanol–water partition coefficient (Wildman–Crippen LogP) is 0.380. The maximum atomic E-state index is 6.31. The van der Waals surface area contributed by atoms with Crippen molar-refractivity contribution < 1.29 is 9.47 Å². The molecule has 0 bridgehead atoms. The summed E-state index contributed by atoms with van der Waals surface area (Å²) in [5, 5.41) is 6.87. The van der Waals surface area contributed by atoms with E-state index in [9.17, 15) is 0 Å². The van der Waals surface area contributed by atoms with Crippen molar-refractivity contribution in [3.8, 4) is 0 Å². The van der Waals surface area contributed by atoms with Crippen molar-refractivity contribution in [2.45, 2.75) is 32.5 Å². The maximum absolute atomic E-state index is 6.31. The fraction of sp³-hybridized carbons (Fsp3) is 1.00. The van der Waals surface area contributed by atoms with Crippen LogP contribution in [0.1, 0.15) is 20.8 Å². The highest BCUT2D eigenvalue weighted by Gasteiger charge is 2.41. The van der Waals surface area contributed by atoms with E-state index in [0.717, 1.165) is 32.8 Å². The number of morpholine rings is 1. The zero-order valence-corrected chi connectivity index (χ0v) is 10.6. The summed E-state index contributed by atoms with van der Waals surface area (Å²) in [5.74, 6) is 0. The predicted molar refractivity (Wildman–Crippen MR) is 63.6 cm³/mol. The van der Waals surface area contributed by atoms with Crippen molar-refractivity contribution in [3.05, 3.63) is 0 Å². The van der Waals surface area contributed by atoms with Gasteiger partial charge in [0, 0.05) is 26.2 Å². The lowest BCUT2D eigenvalue weighted by molar-refractivity contribution is -0.168. The first-order valence-electron chi connectivity index (χ1n) is 6.19. The second-order valence-electron chi connectivity index (χ2n) is 6.02. The molecule has 0 radical (unpaired) electrons. The minimum atomic E-state index is -0.174. The van der Waals surface area contributed by atoms with E-state index in [4.69, 9.17) is 9.47 Å². The Labute approximate surface area is 98.1 Å². The normalized spacial score (nSPS) is 37.3. The van der Waals surface area contributed by atoms with E-state index < -0.39 is 0 Å². The molecule has 2 atom stereocenters. The van der Waals surface area contributed by atoms with Crippen LogP contribution in [0.25, 0.3) is 0 Å². The van der Waals surface area contributed by atoms with Gasteiger partial charge in [0.15, 0.2) is 0 Å². The number of nitrogens with one attached hydrogen (secondary N) is 2. The minimum Gasteiger partial charge on any atom is -0.377 e. The Morgan fingerprint density at radius 2 is 1.94 bits per heavy atom. The topological polar surface area (TPSA) is 42.5 Å². The smallest absolute Gasteiger partial charge is 0.117 e. The van der Waals surface area contributed by atoms with Gasteiger partial charge in [-0.1, -0.05) is 20.8 Å². The molecule has 2 heterocycles. The third-order valence-corrected chi connectivity index (χ3v) is 3.37. The van der Waals surface area contributed by atoms with Gasteiger partial charge >= 0.3 is 0 Å². The maximum Gasteiger partial charge on any atom is 0.117 e. The van der Waals surface area contributed by atoms with E-state index in [1.165, 1.54) is 0 Å². The number of hydrogen-bond donors (Lipinski definition) is 2. The first kappa shape index (κ1) is 12.3. The molecule has 2 aliphatic heterocycles. The monoisotopic (exact) mass is 228 g/mol. The van der Waals surface area contributed by atoms with Crippen molar-refractivity contribution in [2.75, 3.05) is 39.4 Å². The van der Waals surface area contributed by atoms with E-state index >= 15 is 0 Å². The van der Waals surface area contributed by atoms with Gasteiger partial charge in [-0.2, -0.15) is 0 Å². The molecule has 2 fully saturated rings. The second kappa shape index (κ2) is 4.61. The molecule has 2 unspecified atom stereocenters. The molecule has 4 nitrogen and oxygen atoms in total. The molecular weight excluding hydrogens is 204 g/mol. The lowest BCUT2D eigenvalue weighted by Crippen LogP contribution is -2.62. The van der Waals surface area contributed by atoms with Crippen LogP contribution in [-0.2, 0) is 9.47 Å². The van der Waals surface area contributed by atoms with Gasteiger partial charge in [-0.15, -0.1) is 0 Å². The molecule has 0 aliphatic carbocycles. The summed E-state index contributed by atoms with van der Waals surface area (Å²) in [6.07, 6.45) is 0.254. The van der Waals surface area contributed by atoms with Gasteiger partial charge in [-0.3, -0.25) is 0 Å². The molecule has 2 saturated heterocycles. The zero-order chi connectivity index (χ0) is 11.6. The molecule has 2 aliphatic rings. The molecule has 0 saturated carbocycles. The van der Waals surface area contributed by atoms with Crippen molar-refractivity contribution in [3.63, 3.8) is 0 Å². The largest absolute Gasteiger partial charge is 0.377 e. The summed E-state index contributed by atoms with van der Waals surface area (Å²) >= 11 is 0. The van der Waals surface area contributed by atoms with Crippen LogP contribution >= 0.6 is 0 Å². The van der Waals surface area contributed by atoms with Crippen molar-refractivity contribution in [2.24, 2.45) is 5.41 Å². The summed E-state index contributed by atoms with van der Waals surface area (Å²) < 4.78 is 11.9. The van der Waals surface area contributed by atoms with E-state index in [1.54, 1.807) is 0 Å². The standard InChI is InChI=1S/C12H24N2O2/c1-11(2,3)10-6-14-8-12(16-10)7-13-4-5-15-9-12/h10,13-14H,4-9H2,1-3H3. The fourth-order valence-corrected chi connectivity index (χ4v) is 2.26. The summed E-state index contributed by atoms with van der Waals surface area (Å²) in [4.78, 5) is 0. The summed E-state index contributed by atoms with van der Waals surface area (Å²) in [5.41, 5.74) is -0.000574. The Morgan fingerprint density at radius 3 is 2.69 bits per heavy atom.